The van der Waals surface area contributed by atoms with Gasteiger partial charge in [-0.3, -0.25) is 0 Å². The summed E-state index contributed by atoms with van der Waals surface area (Å²) in [4.78, 5) is 0. The van der Waals surface area contributed by atoms with Gasteiger partial charge < -0.3 is 5.32 Å². The summed E-state index contributed by atoms with van der Waals surface area (Å²) in [6.45, 7) is 4.25. The Bertz CT molecular complexity index is 348. The van der Waals surface area contributed by atoms with Crippen molar-refractivity contribution in [3.63, 3.8) is 0 Å². The van der Waals surface area contributed by atoms with Gasteiger partial charge in [-0.2, -0.15) is 0 Å². The number of piperidine rings is 1. The van der Waals surface area contributed by atoms with Crippen LogP contribution in [0.5, 0.6) is 0 Å². The van der Waals surface area contributed by atoms with Gasteiger partial charge in [-0.05, 0) is 49.9 Å². The highest BCUT2D eigenvalue weighted by Gasteiger charge is 2.20. The lowest BCUT2D eigenvalue weighted by atomic mass is 9.91. The molecule has 1 aromatic carbocycles. The minimum atomic E-state index is -0.129. The van der Waals surface area contributed by atoms with Gasteiger partial charge in [0.05, 0.1) is 0 Å². The smallest absolute Gasteiger partial charge is 0.123 e. The van der Waals surface area contributed by atoms with Crippen molar-refractivity contribution in [1.29, 1.82) is 0 Å². The standard InChI is InChI=1S/C13H18FN/c1-9-6-7-11(14)8-12(9)13-5-3-4-10(2)15-13/h6-8,10,13,15H,3-5H2,1-2H3. The summed E-state index contributed by atoms with van der Waals surface area (Å²) in [5, 5.41) is 3.53. The number of hydrogen-bond acceptors (Lipinski definition) is 1. The maximum absolute atomic E-state index is 13.2. The Hall–Kier alpha value is -0.890. The van der Waals surface area contributed by atoms with Crippen LogP contribution in [-0.4, -0.2) is 6.04 Å². The molecule has 0 bridgehead atoms. The van der Waals surface area contributed by atoms with E-state index in [0.29, 0.717) is 12.1 Å². The quantitative estimate of drug-likeness (QED) is 0.744. The van der Waals surface area contributed by atoms with E-state index in [-0.39, 0.29) is 5.82 Å². The SMILES string of the molecule is Cc1ccc(F)cc1C1CCCC(C)N1. The van der Waals surface area contributed by atoms with E-state index in [1.54, 1.807) is 6.07 Å². The van der Waals surface area contributed by atoms with Crippen LogP contribution in [0.3, 0.4) is 0 Å². The Morgan fingerprint density at radius 2 is 2.13 bits per heavy atom. The molecular formula is C13H18FN. The molecule has 2 rings (SSSR count). The van der Waals surface area contributed by atoms with E-state index in [0.717, 1.165) is 12.0 Å². The molecule has 2 heteroatoms. The summed E-state index contributed by atoms with van der Waals surface area (Å²) in [7, 11) is 0. The molecule has 1 N–H and O–H groups in total. The van der Waals surface area contributed by atoms with Crippen LogP contribution in [0.2, 0.25) is 0 Å². The lowest BCUT2D eigenvalue weighted by molar-refractivity contribution is 0.340. The third-order valence-electron chi connectivity index (χ3n) is 3.23. The molecule has 1 fully saturated rings. The van der Waals surface area contributed by atoms with Crippen molar-refractivity contribution in [3.05, 3.63) is 35.1 Å². The van der Waals surface area contributed by atoms with Gasteiger partial charge in [-0.15, -0.1) is 0 Å². The Labute approximate surface area is 90.7 Å². The fourth-order valence-electron chi connectivity index (χ4n) is 2.37. The summed E-state index contributed by atoms with van der Waals surface area (Å²) in [5.74, 6) is -0.129. The highest BCUT2D eigenvalue weighted by molar-refractivity contribution is 5.29. The van der Waals surface area contributed by atoms with Crippen LogP contribution in [-0.2, 0) is 0 Å². The van der Waals surface area contributed by atoms with E-state index < -0.39 is 0 Å². The molecule has 1 heterocycles. The molecule has 0 radical (unpaired) electrons. The molecule has 1 aliphatic heterocycles. The Morgan fingerprint density at radius 3 is 2.87 bits per heavy atom. The van der Waals surface area contributed by atoms with Gasteiger partial charge in [0.2, 0.25) is 0 Å². The van der Waals surface area contributed by atoms with Crippen molar-refractivity contribution in [3.8, 4) is 0 Å². The van der Waals surface area contributed by atoms with Crippen LogP contribution in [0, 0.1) is 12.7 Å². The first-order chi connectivity index (χ1) is 7.16. The van der Waals surface area contributed by atoms with Gasteiger partial charge in [0.15, 0.2) is 0 Å². The van der Waals surface area contributed by atoms with Gasteiger partial charge in [-0.1, -0.05) is 12.5 Å². The fourth-order valence-corrected chi connectivity index (χ4v) is 2.37. The molecular weight excluding hydrogens is 189 g/mol. The molecule has 82 valence electrons. The van der Waals surface area contributed by atoms with Crippen molar-refractivity contribution in [2.45, 2.75) is 45.2 Å². The molecule has 1 aliphatic rings. The second-order valence-electron chi connectivity index (χ2n) is 4.55. The summed E-state index contributed by atoms with van der Waals surface area (Å²) in [5.41, 5.74) is 2.31. The Kier molecular flexibility index (Phi) is 3.06. The van der Waals surface area contributed by atoms with Gasteiger partial charge >= 0.3 is 0 Å². The average molecular weight is 207 g/mol. The molecule has 15 heavy (non-hydrogen) atoms. The number of halogens is 1. The third kappa shape index (κ3) is 2.37. The van der Waals surface area contributed by atoms with Gasteiger partial charge in [0.1, 0.15) is 5.82 Å². The summed E-state index contributed by atoms with van der Waals surface area (Å²) in [6.07, 6.45) is 3.58. The van der Waals surface area contributed by atoms with E-state index in [4.69, 9.17) is 0 Å². The molecule has 0 aromatic heterocycles. The zero-order valence-electron chi connectivity index (χ0n) is 9.39. The minimum Gasteiger partial charge on any atom is -0.307 e. The molecule has 0 saturated carbocycles. The first kappa shape index (κ1) is 10.6. The predicted octanol–water partition coefficient (Wildman–Crippen LogP) is 3.34. The molecule has 0 aliphatic carbocycles. The first-order valence-electron chi connectivity index (χ1n) is 5.69. The number of aryl methyl sites for hydroxylation is 1. The van der Waals surface area contributed by atoms with E-state index in [1.165, 1.54) is 24.5 Å². The van der Waals surface area contributed by atoms with Gasteiger partial charge in [0.25, 0.3) is 0 Å². The topological polar surface area (TPSA) is 12.0 Å². The van der Waals surface area contributed by atoms with Crippen molar-refractivity contribution in [2.75, 3.05) is 0 Å². The second-order valence-corrected chi connectivity index (χ2v) is 4.55. The second kappa shape index (κ2) is 4.31. The summed E-state index contributed by atoms with van der Waals surface area (Å²) >= 11 is 0. The van der Waals surface area contributed by atoms with Crippen LogP contribution >= 0.6 is 0 Å². The zero-order chi connectivity index (χ0) is 10.8. The highest BCUT2D eigenvalue weighted by Crippen LogP contribution is 2.28. The third-order valence-corrected chi connectivity index (χ3v) is 3.23. The lowest BCUT2D eigenvalue weighted by Gasteiger charge is -2.30. The molecule has 0 amide bonds. The molecule has 1 saturated heterocycles. The highest BCUT2D eigenvalue weighted by atomic mass is 19.1. The first-order valence-corrected chi connectivity index (χ1v) is 5.69. The lowest BCUT2D eigenvalue weighted by Crippen LogP contribution is -2.34. The van der Waals surface area contributed by atoms with Crippen LogP contribution in [0.4, 0.5) is 4.39 Å². The zero-order valence-corrected chi connectivity index (χ0v) is 9.39. The van der Waals surface area contributed by atoms with Crippen molar-refractivity contribution >= 4 is 0 Å². The molecule has 1 aromatic rings. The predicted molar refractivity (Wildman–Crippen MR) is 60.3 cm³/mol. The van der Waals surface area contributed by atoms with Crippen LogP contribution in [0.15, 0.2) is 18.2 Å². The van der Waals surface area contributed by atoms with Crippen LogP contribution in [0.25, 0.3) is 0 Å². The fraction of sp³-hybridized carbons (Fsp3) is 0.538. The molecule has 2 unspecified atom stereocenters. The van der Waals surface area contributed by atoms with Crippen molar-refractivity contribution < 1.29 is 4.39 Å². The monoisotopic (exact) mass is 207 g/mol. The number of rotatable bonds is 1. The molecule has 0 spiro atoms. The van der Waals surface area contributed by atoms with Crippen molar-refractivity contribution in [1.82, 2.24) is 5.32 Å². The number of nitrogens with one attached hydrogen (secondary N) is 1. The number of benzene rings is 1. The minimum absolute atomic E-state index is 0.129. The van der Waals surface area contributed by atoms with E-state index in [2.05, 4.69) is 19.2 Å². The normalized spacial score (nSPS) is 26.6. The van der Waals surface area contributed by atoms with E-state index in [1.807, 2.05) is 6.07 Å². The molecule has 1 nitrogen and oxygen atoms in total. The largest absolute Gasteiger partial charge is 0.307 e. The van der Waals surface area contributed by atoms with Gasteiger partial charge in [-0.25, -0.2) is 4.39 Å². The maximum atomic E-state index is 13.2. The van der Waals surface area contributed by atoms with Gasteiger partial charge in [0, 0.05) is 12.1 Å². The van der Waals surface area contributed by atoms with Crippen molar-refractivity contribution in [2.24, 2.45) is 0 Å². The Balaban J connectivity index is 2.24. The van der Waals surface area contributed by atoms with Crippen LogP contribution in [0.1, 0.15) is 43.4 Å². The number of hydrogen-bond donors (Lipinski definition) is 1. The summed E-state index contributed by atoms with van der Waals surface area (Å²) in [6, 6.07) is 5.96. The Morgan fingerprint density at radius 1 is 1.33 bits per heavy atom. The van der Waals surface area contributed by atoms with E-state index in [9.17, 15) is 4.39 Å². The maximum Gasteiger partial charge on any atom is 0.123 e. The molecule has 2 atom stereocenters. The van der Waals surface area contributed by atoms with E-state index >= 15 is 0 Å². The average Bonchev–Trinajstić information content (AvgIpc) is 2.22. The summed E-state index contributed by atoms with van der Waals surface area (Å²) < 4.78 is 13.2. The van der Waals surface area contributed by atoms with Crippen LogP contribution < -0.4 is 5.32 Å².